The van der Waals surface area contributed by atoms with Crippen molar-refractivity contribution in [2.75, 3.05) is 0 Å². The molecule has 0 atom stereocenters. The Balaban J connectivity index is 2.04. The number of hydrogen-bond acceptors (Lipinski definition) is 3. The molecule has 0 unspecified atom stereocenters. The molecule has 3 rings (SSSR count). The molecule has 23 heavy (non-hydrogen) atoms. The molecule has 5 heteroatoms. The van der Waals surface area contributed by atoms with Crippen molar-refractivity contribution < 1.29 is 9.18 Å². The lowest BCUT2D eigenvalue weighted by atomic mass is 10.1. The number of aryl methyl sites for hydroxylation is 2. The molecular formula is C18H16FN3O. The highest BCUT2D eigenvalue weighted by atomic mass is 19.1. The third-order valence-electron chi connectivity index (χ3n) is 3.92. The number of nitrogens with zero attached hydrogens (tertiary/aromatic N) is 3. The number of hydrogen-bond donors (Lipinski definition) is 0. The minimum absolute atomic E-state index is 0.287. The summed E-state index contributed by atoms with van der Waals surface area (Å²) in [6, 6.07) is 12.2. The van der Waals surface area contributed by atoms with E-state index in [1.165, 1.54) is 17.7 Å². The molecule has 0 aliphatic carbocycles. The molecule has 0 spiro atoms. The Morgan fingerprint density at radius 3 is 2.48 bits per heavy atom. The molecule has 0 amide bonds. The van der Waals surface area contributed by atoms with Crippen molar-refractivity contribution in [2.24, 2.45) is 0 Å². The number of benzene rings is 2. The molecule has 0 saturated heterocycles. The van der Waals surface area contributed by atoms with Crippen molar-refractivity contribution >= 4 is 6.29 Å². The van der Waals surface area contributed by atoms with Crippen LogP contribution in [0, 0.1) is 19.7 Å². The standard InChI is InChI=1S/C18H16FN3O/c1-12-3-8-16(9-13(12)2)22-18(17(11-23)20-21-22)10-14-4-6-15(19)7-5-14/h3-9,11H,10H2,1-2H3. The molecule has 4 nitrogen and oxygen atoms in total. The fourth-order valence-corrected chi connectivity index (χ4v) is 2.43. The fourth-order valence-electron chi connectivity index (χ4n) is 2.43. The average Bonchev–Trinajstić information content (AvgIpc) is 2.95. The highest BCUT2D eigenvalue weighted by Gasteiger charge is 2.15. The predicted octanol–water partition coefficient (Wildman–Crippen LogP) is 3.43. The SMILES string of the molecule is Cc1ccc(-n2nnc(C=O)c2Cc2ccc(F)cc2)cc1C. The highest BCUT2D eigenvalue weighted by Crippen LogP contribution is 2.19. The number of aromatic nitrogens is 3. The molecule has 0 radical (unpaired) electrons. The minimum Gasteiger partial charge on any atom is -0.296 e. The summed E-state index contributed by atoms with van der Waals surface area (Å²) in [6.45, 7) is 4.06. The zero-order valence-electron chi connectivity index (χ0n) is 13.0. The maximum Gasteiger partial charge on any atom is 0.172 e. The molecule has 2 aromatic carbocycles. The molecule has 0 aliphatic heterocycles. The van der Waals surface area contributed by atoms with Crippen molar-refractivity contribution in [2.45, 2.75) is 20.3 Å². The van der Waals surface area contributed by atoms with Crippen LogP contribution < -0.4 is 0 Å². The normalized spacial score (nSPS) is 10.7. The van der Waals surface area contributed by atoms with Gasteiger partial charge in [0.25, 0.3) is 0 Å². The van der Waals surface area contributed by atoms with E-state index in [2.05, 4.69) is 10.3 Å². The summed E-state index contributed by atoms with van der Waals surface area (Å²) in [5.41, 5.74) is 5.05. The van der Waals surface area contributed by atoms with Gasteiger partial charge in [0.1, 0.15) is 11.5 Å². The Hall–Kier alpha value is -2.82. The van der Waals surface area contributed by atoms with Crippen LogP contribution in [0.1, 0.15) is 32.9 Å². The van der Waals surface area contributed by atoms with Crippen LogP contribution in [0.25, 0.3) is 5.69 Å². The second-order valence-electron chi connectivity index (χ2n) is 5.52. The molecule has 0 saturated carbocycles. The van der Waals surface area contributed by atoms with Crippen LogP contribution in [0.2, 0.25) is 0 Å². The Kier molecular flexibility index (Phi) is 4.02. The molecule has 0 N–H and O–H groups in total. The van der Waals surface area contributed by atoms with Crippen LogP contribution in [0.5, 0.6) is 0 Å². The topological polar surface area (TPSA) is 47.8 Å². The van der Waals surface area contributed by atoms with Crippen molar-refractivity contribution in [3.8, 4) is 5.69 Å². The van der Waals surface area contributed by atoms with E-state index in [-0.39, 0.29) is 5.82 Å². The van der Waals surface area contributed by atoms with Crippen molar-refractivity contribution in [1.29, 1.82) is 0 Å². The van der Waals surface area contributed by atoms with E-state index in [4.69, 9.17) is 0 Å². The van der Waals surface area contributed by atoms with Gasteiger partial charge >= 0.3 is 0 Å². The number of carbonyl (C=O) groups is 1. The first-order chi connectivity index (χ1) is 11.1. The van der Waals surface area contributed by atoms with E-state index in [0.717, 1.165) is 16.8 Å². The fraction of sp³-hybridized carbons (Fsp3) is 0.167. The van der Waals surface area contributed by atoms with Crippen LogP contribution in [0.3, 0.4) is 0 Å². The van der Waals surface area contributed by atoms with Gasteiger partial charge in [-0.15, -0.1) is 5.10 Å². The molecule has 0 bridgehead atoms. The van der Waals surface area contributed by atoms with Crippen LogP contribution in [0.15, 0.2) is 42.5 Å². The number of aldehydes is 1. The monoisotopic (exact) mass is 309 g/mol. The summed E-state index contributed by atoms with van der Waals surface area (Å²) in [5, 5.41) is 8.05. The maximum absolute atomic E-state index is 13.1. The Morgan fingerprint density at radius 1 is 1.09 bits per heavy atom. The Bertz CT molecular complexity index is 853. The second-order valence-corrected chi connectivity index (χ2v) is 5.52. The second kappa shape index (κ2) is 6.12. The molecular weight excluding hydrogens is 293 g/mol. The highest BCUT2D eigenvalue weighted by molar-refractivity contribution is 5.73. The summed E-state index contributed by atoms with van der Waals surface area (Å²) >= 11 is 0. The van der Waals surface area contributed by atoms with Gasteiger partial charge in [0.2, 0.25) is 0 Å². The van der Waals surface area contributed by atoms with Crippen molar-refractivity contribution in [3.05, 3.63) is 76.4 Å². The number of halogens is 1. The molecule has 116 valence electrons. The van der Waals surface area contributed by atoms with Crippen molar-refractivity contribution in [3.63, 3.8) is 0 Å². The lowest BCUT2D eigenvalue weighted by Gasteiger charge is -2.09. The van der Waals surface area contributed by atoms with Crippen LogP contribution in [-0.2, 0) is 6.42 Å². The third kappa shape index (κ3) is 3.04. The van der Waals surface area contributed by atoms with Gasteiger partial charge in [-0.25, -0.2) is 9.07 Å². The summed E-state index contributed by atoms with van der Waals surface area (Å²) in [6.07, 6.45) is 1.15. The smallest absolute Gasteiger partial charge is 0.172 e. The third-order valence-corrected chi connectivity index (χ3v) is 3.92. The van der Waals surface area contributed by atoms with Crippen LogP contribution in [0.4, 0.5) is 4.39 Å². The molecule has 0 aliphatic rings. The zero-order chi connectivity index (χ0) is 16.4. The van der Waals surface area contributed by atoms with Crippen LogP contribution >= 0.6 is 0 Å². The van der Waals surface area contributed by atoms with Crippen molar-refractivity contribution in [1.82, 2.24) is 15.0 Å². The van der Waals surface area contributed by atoms with Crippen LogP contribution in [-0.4, -0.2) is 21.3 Å². The van der Waals surface area contributed by atoms with Gasteiger partial charge in [0, 0.05) is 6.42 Å². The molecule has 3 aromatic rings. The summed E-state index contributed by atoms with van der Waals surface area (Å²) < 4.78 is 14.7. The Labute approximate surface area is 133 Å². The van der Waals surface area contributed by atoms with E-state index >= 15 is 0 Å². The van der Waals surface area contributed by atoms with E-state index < -0.39 is 0 Å². The molecule has 1 heterocycles. The summed E-state index contributed by atoms with van der Waals surface area (Å²) in [7, 11) is 0. The van der Waals surface area contributed by atoms with E-state index in [1.54, 1.807) is 16.8 Å². The molecule has 0 fully saturated rings. The van der Waals surface area contributed by atoms with E-state index in [9.17, 15) is 9.18 Å². The quantitative estimate of drug-likeness (QED) is 0.694. The van der Waals surface area contributed by atoms with Gasteiger partial charge in [-0.3, -0.25) is 4.79 Å². The maximum atomic E-state index is 13.1. The first kappa shape index (κ1) is 15.1. The number of carbonyl (C=O) groups excluding carboxylic acids is 1. The van der Waals surface area contributed by atoms with Gasteiger partial charge in [0.05, 0.1) is 11.4 Å². The van der Waals surface area contributed by atoms with Gasteiger partial charge in [-0.05, 0) is 54.8 Å². The Morgan fingerprint density at radius 2 is 1.83 bits per heavy atom. The largest absolute Gasteiger partial charge is 0.296 e. The van der Waals surface area contributed by atoms with Gasteiger partial charge in [-0.1, -0.05) is 23.4 Å². The van der Waals surface area contributed by atoms with E-state index in [0.29, 0.717) is 24.1 Å². The first-order valence-corrected chi connectivity index (χ1v) is 7.30. The van der Waals surface area contributed by atoms with Gasteiger partial charge in [-0.2, -0.15) is 0 Å². The first-order valence-electron chi connectivity index (χ1n) is 7.30. The molecule has 1 aromatic heterocycles. The lowest BCUT2D eigenvalue weighted by molar-refractivity contribution is 0.111. The predicted molar refractivity (Wildman–Crippen MR) is 85.4 cm³/mol. The summed E-state index contributed by atoms with van der Waals surface area (Å²) in [5.74, 6) is -0.287. The van der Waals surface area contributed by atoms with Gasteiger partial charge < -0.3 is 0 Å². The average molecular weight is 309 g/mol. The number of rotatable bonds is 4. The van der Waals surface area contributed by atoms with Gasteiger partial charge in [0.15, 0.2) is 6.29 Å². The minimum atomic E-state index is -0.287. The lowest BCUT2D eigenvalue weighted by Crippen LogP contribution is -2.05. The zero-order valence-corrected chi connectivity index (χ0v) is 13.0. The van der Waals surface area contributed by atoms with E-state index in [1.807, 2.05) is 32.0 Å². The summed E-state index contributed by atoms with van der Waals surface area (Å²) in [4.78, 5) is 11.3.